The minimum absolute atomic E-state index is 0.0412. The first kappa shape index (κ1) is 21.3. The van der Waals surface area contributed by atoms with E-state index in [1.807, 2.05) is 43.3 Å². The first-order valence-electron chi connectivity index (χ1n) is 10.3. The number of thiazole rings is 1. The van der Waals surface area contributed by atoms with Crippen LogP contribution in [0.25, 0.3) is 10.2 Å². The SMILES string of the molecule is Cc1cc(Cl)cc2sc(N(CC3CCCO3)C(=O)c3ccc(C(C)(C)C)cc3)nc12. The summed E-state index contributed by atoms with van der Waals surface area (Å²) in [7, 11) is 0. The molecule has 0 radical (unpaired) electrons. The monoisotopic (exact) mass is 442 g/mol. The average Bonchev–Trinajstić information content (AvgIpc) is 3.34. The summed E-state index contributed by atoms with van der Waals surface area (Å²) in [5.41, 5.74) is 3.82. The Hall–Kier alpha value is -1.95. The Morgan fingerprint density at radius 1 is 1.27 bits per heavy atom. The molecule has 30 heavy (non-hydrogen) atoms. The van der Waals surface area contributed by atoms with Gasteiger partial charge in [0.1, 0.15) is 0 Å². The molecule has 1 fully saturated rings. The molecule has 0 saturated carbocycles. The predicted octanol–water partition coefficient (Wildman–Crippen LogP) is 6.38. The van der Waals surface area contributed by atoms with E-state index in [1.54, 1.807) is 4.90 Å². The molecule has 0 bridgehead atoms. The van der Waals surface area contributed by atoms with Gasteiger partial charge in [0, 0.05) is 17.2 Å². The van der Waals surface area contributed by atoms with Crippen molar-refractivity contribution < 1.29 is 9.53 Å². The maximum Gasteiger partial charge on any atom is 0.260 e. The van der Waals surface area contributed by atoms with E-state index >= 15 is 0 Å². The second-order valence-corrected chi connectivity index (χ2v) is 10.4. The molecule has 1 aromatic heterocycles. The van der Waals surface area contributed by atoms with Crippen molar-refractivity contribution in [3.8, 4) is 0 Å². The Morgan fingerprint density at radius 3 is 2.63 bits per heavy atom. The summed E-state index contributed by atoms with van der Waals surface area (Å²) < 4.78 is 6.82. The highest BCUT2D eigenvalue weighted by atomic mass is 35.5. The van der Waals surface area contributed by atoms with Crippen molar-refractivity contribution in [3.63, 3.8) is 0 Å². The summed E-state index contributed by atoms with van der Waals surface area (Å²) >= 11 is 7.74. The number of aryl methyl sites for hydroxylation is 1. The van der Waals surface area contributed by atoms with Gasteiger partial charge in [0.25, 0.3) is 5.91 Å². The quantitative estimate of drug-likeness (QED) is 0.470. The fourth-order valence-corrected chi connectivity index (χ4v) is 5.19. The van der Waals surface area contributed by atoms with E-state index < -0.39 is 0 Å². The number of ether oxygens (including phenoxy) is 1. The molecule has 0 aliphatic carbocycles. The largest absolute Gasteiger partial charge is 0.376 e. The molecule has 4 rings (SSSR count). The van der Waals surface area contributed by atoms with E-state index in [0.29, 0.717) is 22.3 Å². The maximum atomic E-state index is 13.5. The van der Waals surface area contributed by atoms with Gasteiger partial charge in [0.15, 0.2) is 5.13 Å². The molecule has 1 aliphatic rings. The molecule has 1 aliphatic heterocycles. The molecule has 4 nitrogen and oxygen atoms in total. The number of rotatable bonds is 4. The van der Waals surface area contributed by atoms with E-state index in [0.717, 1.165) is 35.2 Å². The highest BCUT2D eigenvalue weighted by Gasteiger charge is 2.27. The molecule has 2 aromatic carbocycles. The minimum Gasteiger partial charge on any atom is -0.376 e. The van der Waals surface area contributed by atoms with Crippen LogP contribution in [0.2, 0.25) is 5.02 Å². The van der Waals surface area contributed by atoms with Crippen LogP contribution in [0.5, 0.6) is 0 Å². The number of amides is 1. The highest BCUT2D eigenvalue weighted by molar-refractivity contribution is 7.22. The van der Waals surface area contributed by atoms with Crippen LogP contribution in [0.1, 0.15) is 55.1 Å². The van der Waals surface area contributed by atoms with Gasteiger partial charge in [-0.1, -0.05) is 55.8 Å². The van der Waals surface area contributed by atoms with Crippen LogP contribution in [-0.2, 0) is 10.2 Å². The standard InChI is InChI=1S/C24H27ClN2O2S/c1-15-12-18(25)13-20-21(15)26-23(30-20)27(14-19-6-5-11-29-19)22(28)16-7-9-17(10-8-16)24(2,3)4/h7-10,12-13,19H,5-6,11,14H2,1-4H3. The van der Waals surface area contributed by atoms with Gasteiger partial charge in [-0.05, 0) is 60.6 Å². The van der Waals surface area contributed by atoms with Gasteiger partial charge >= 0.3 is 0 Å². The molecule has 1 saturated heterocycles. The van der Waals surface area contributed by atoms with E-state index in [2.05, 4.69) is 20.8 Å². The van der Waals surface area contributed by atoms with E-state index in [1.165, 1.54) is 16.9 Å². The number of benzene rings is 2. The molecule has 1 amide bonds. The number of carbonyl (C=O) groups is 1. The second-order valence-electron chi connectivity index (χ2n) is 8.94. The number of aromatic nitrogens is 1. The molecule has 6 heteroatoms. The number of anilines is 1. The van der Waals surface area contributed by atoms with Crippen molar-refractivity contribution >= 4 is 44.2 Å². The molecule has 0 N–H and O–H groups in total. The zero-order valence-corrected chi connectivity index (χ0v) is 19.4. The second kappa shape index (κ2) is 8.29. The van der Waals surface area contributed by atoms with E-state index in [-0.39, 0.29) is 17.4 Å². The average molecular weight is 443 g/mol. The van der Waals surface area contributed by atoms with Gasteiger partial charge in [-0.3, -0.25) is 9.69 Å². The Bertz CT molecular complexity index is 1060. The summed E-state index contributed by atoms with van der Waals surface area (Å²) in [6.07, 6.45) is 2.03. The van der Waals surface area contributed by atoms with Gasteiger partial charge in [-0.2, -0.15) is 0 Å². The van der Waals surface area contributed by atoms with Crippen LogP contribution in [0.3, 0.4) is 0 Å². The summed E-state index contributed by atoms with van der Waals surface area (Å²) in [5.74, 6) is -0.0474. The van der Waals surface area contributed by atoms with Crippen molar-refractivity contribution in [2.75, 3.05) is 18.1 Å². The highest BCUT2D eigenvalue weighted by Crippen LogP contribution is 2.34. The summed E-state index contributed by atoms with van der Waals surface area (Å²) in [5, 5.41) is 1.38. The van der Waals surface area contributed by atoms with Gasteiger partial charge < -0.3 is 4.74 Å². The summed E-state index contributed by atoms with van der Waals surface area (Å²) in [6.45, 7) is 9.76. The maximum absolute atomic E-state index is 13.5. The lowest BCUT2D eigenvalue weighted by atomic mass is 9.86. The van der Waals surface area contributed by atoms with Crippen molar-refractivity contribution in [3.05, 3.63) is 58.1 Å². The van der Waals surface area contributed by atoms with Crippen molar-refractivity contribution in [2.45, 2.75) is 52.1 Å². The Balaban J connectivity index is 1.71. The first-order valence-corrected chi connectivity index (χ1v) is 11.5. The van der Waals surface area contributed by atoms with Gasteiger partial charge in [-0.25, -0.2) is 4.98 Å². The molecule has 158 valence electrons. The third-order valence-corrected chi connectivity index (χ3v) is 6.77. The van der Waals surface area contributed by atoms with Gasteiger partial charge in [-0.15, -0.1) is 0 Å². The van der Waals surface area contributed by atoms with Crippen LogP contribution < -0.4 is 4.90 Å². The molecular formula is C24H27ClN2O2S. The van der Waals surface area contributed by atoms with E-state index in [9.17, 15) is 4.79 Å². The van der Waals surface area contributed by atoms with Crippen molar-refractivity contribution in [2.24, 2.45) is 0 Å². The number of fused-ring (bicyclic) bond motifs is 1. The number of carbonyl (C=O) groups excluding carboxylic acids is 1. The zero-order valence-electron chi connectivity index (χ0n) is 17.9. The van der Waals surface area contributed by atoms with Gasteiger partial charge in [0.2, 0.25) is 0 Å². The lowest BCUT2D eigenvalue weighted by Gasteiger charge is -2.24. The smallest absolute Gasteiger partial charge is 0.260 e. The van der Waals surface area contributed by atoms with Crippen LogP contribution in [0.4, 0.5) is 5.13 Å². The van der Waals surface area contributed by atoms with Crippen LogP contribution in [-0.4, -0.2) is 30.1 Å². The van der Waals surface area contributed by atoms with Crippen molar-refractivity contribution in [1.29, 1.82) is 0 Å². The lowest BCUT2D eigenvalue weighted by molar-refractivity contribution is 0.0917. The molecular weight excluding hydrogens is 416 g/mol. The Labute approximate surface area is 186 Å². The first-order chi connectivity index (χ1) is 14.2. The topological polar surface area (TPSA) is 42.4 Å². The fraction of sp³-hybridized carbons (Fsp3) is 0.417. The van der Waals surface area contributed by atoms with Gasteiger partial charge in [0.05, 0.1) is 22.9 Å². The number of hydrogen-bond donors (Lipinski definition) is 0. The molecule has 1 atom stereocenters. The molecule has 3 aromatic rings. The normalized spacial score (nSPS) is 16.9. The number of hydrogen-bond acceptors (Lipinski definition) is 4. The third-order valence-electron chi connectivity index (χ3n) is 5.52. The zero-order chi connectivity index (χ0) is 21.5. The molecule has 2 heterocycles. The third kappa shape index (κ3) is 4.39. The fourth-order valence-electron chi connectivity index (χ4n) is 3.77. The number of nitrogens with zero attached hydrogens (tertiary/aromatic N) is 2. The summed E-state index contributed by atoms with van der Waals surface area (Å²) in [6, 6.07) is 11.7. The van der Waals surface area contributed by atoms with Crippen LogP contribution >= 0.6 is 22.9 Å². The Kier molecular flexibility index (Phi) is 5.88. The van der Waals surface area contributed by atoms with Crippen molar-refractivity contribution in [1.82, 2.24) is 4.98 Å². The predicted molar refractivity (Wildman–Crippen MR) is 125 cm³/mol. The summed E-state index contributed by atoms with van der Waals surface area (Å²) in [4.78, 5) is 20.1. The van der Waals surface area contributed by atoms with E-state index in [4.69, 9.17) is 21.3 Å². The number of halogens is 1. The molecule has 1 unspecified atom stereocenters. The molecule has 0 spiro atoms. The Morgan fingerprint density at radius 2 is 2.00 bits per heavy atom. The lowest BCUT2D eigenvalue weighted by Crippen LogP contribution is -2.37. The minimum atomic E-state index is -0.0474. The van der Waals surface area contributed by atoms with Crippen LogP contribution in [0.15, 0.2) is 36.4 Å². The van der Waals surface area contributed by atoms with Crippen LogP contribution in [0, 0.1) is 6.92 Å².